The Hall–Kier alpha value is -2.78. The molecule has 1 aromatic heterocycles. The van der Waals surface area contributed by atoms with Crippen molar-refractivity contribution in [3.05, 3.63) is 87.9 Å². The topological polar surface area (TPSA) is 62.2 Å². The van der Waals surface area contributed by atoms with E-state index in [2.05, 4.69) is 18.4 Å². The maximum absolute atomic E-state index is 13.5. The number of rotatable bonds is 13. The van der Waals surface area contributed by atoms with Crippen LogP contribution in [0, 0.1) is 5.82 Å². The van der Waals surface area contributed by atoms with Crippen LogP contribution in [0.25, 0.3) is 0 Å². The van der Waals surface area contributed by atoms with Crippen LogP contribution in [0.5, 0.6) is 5.75 Å². The monoisotopic (exact) mass is 526 g/mol. The van der Waals surface area contributed by atoms with Gasteiger partial charge in [-0.15, -0.1) is 11.3 Å². The maximum atomic E-state index is 13.5. The summed E-state index contributed by atoms with van der Waals surface area (Å²) >= 11 is 1.70. The number of nitrogens with zero attached hydrogens (tertiary/aromatic N) is 2. The second-order valence-electron chi connectivity index (χ2n) is 9.31. The van der Waals surface area contributed by atoms with Gasteiger partial charge in [-0.2, -0.15) is 0 Å². The zero-order chi connectivity index (χ0) is 26.0. The van der Waals surface area contributed by atoms with Crippen molar-refractivity contribution in [2.75, 3.05) is 39.4 Å². The minimum atomic E-state index is -0.689. The summed E-state index contributed by atoms with van der Waals surface area (Å²) in [6, 6.07) is 17.6. The highest BCUT2D eigenvalue weighted by Crippen LogP contribution is 2.34. The van der Waals surface area contributed by atoms with Crippen molar-refractivity contribution >= 4 is 17.2 Å². The van der Waals surface area contributed by atoms with Crippen LogP contribution >= 0.6 is 11.3 Å². The smallest absolute Gasteiger partial charge is 0.237 e. The molecule has 0 spiro atoms. The van der Waals surface area contributed by atoms with Crippen LogP contribution < -0.4 is 4.74 Å². The number of amides is 1. The highest BCUT2D eigenvalue weighted by molar-refractivity contribution is 7.10. The molecule has 0 radical (unpaired) electrons. The van der Waals surface area contributed by atoms with Gasteiger partial charge in [0.05, 0.1) is 31.9 Å². The van der Waals surface area contributed by atoms with Crippen LogP contribution in [0.2, 0.25) is 0 Å². The molecule has 0 bridgehead atoms. The molecule has 37 heavy (non-hydrogen) atoms. The quantitative estimate of drug-likeness (QED) is 0.350. The summed E-state index contributed by atoms with van der Waals surface area (Å²) in [6.45, 7) is 4.91. The van der Waals surface area contributed by atoms with Gasteiger partial charge in [0.15, 0.2) is 0 Å². The molecule has 1 amide bonds. The number of thiophene rings is 1. The van der Waals surface area contributed by atoms with Gasteiger partial charge < -0.3 is 19.5 Å². The van der Waals surface area contributed by atoms with E-state index in [0.29, 0.717) is 38.6 Å². The van der Waals surface area contributed by atoms with E-state index in [1.54, 1.807) is 23.5 Å². The first-order chi connectivity index (χ1) is 18.0. The number of fused-ring (bicyclic) bond motifs is 1. The van der Waals surface area contributed by atoms with Crippen LogP contribution in [0.3, 0.4) is 0 Å². The van der Waals surface area contributed by atoms with Crippen molar-refractivity contribution in [1.29, 1.82) is 0 Å². The summed E-state index contributed by atoms with van der Waals surface area (Å²) in [4.78, 5) is 18.7. The number of benzene rings is 2. The van der Waals surface area contributed by atoms with Crippen LogP contribution in [-0.2, 0) is 22.6 Å². The van der Waals surface area contributed by atoms with Gasteiger partial charge in [0.2, 0.25) is 5.91 Å². The Kier molecular flexibility index (Phi) is 10.1. The lowest BCUT2D eigenvalue weighted by Crippen LogP contribution is -2.48. The molecule has 0 aliphatic carbocycles. The van der Waals surface area contributed by atoms with E-state index in [0.717, 1.165) is 24.0 Å². The minimum Gasteiger partial charge on any atom is -0.491 e. The third-order valence-corrected chi connectivity index (χ3v) is 7.42. The van der Waals surface area contributed by atoms with Gasteiger partial charge in [-0.3, -0.25) is 9.69 Å². The number of aliphatic hydroxyl groups excluding tert-OH is 1. The number of aliphatic hydroxyl groups is 1. The summed E-state index contributed by atoms with van der Waals surface area (Å²) in [5, 5.41) is 12.6. The summed E-state index contributed by atoms with van der Waals surface area (Å²) in [6.07, 6.45) is 0.997. The molecule has 8 heteroatoms. The van der Waals surface area contributed by atoms with Gasteiger partial charge >= 0.3 is 0 Å². The number of carbonyl (C=O) groups excluding carboxylic acids is 1. The van der Waals surface area contributed by atoms with E-state index in [9.17, 15) is 14.3 Å². The van der Waals surface area contributed by atoms with Gasteiger partial charge in [0.1, 0.15) is 18.2 Å². The largest absolute Gasteiger partial charge is 0.491 e. The van der Waals surface area contributed by atoms with Gasteiger partial charge in [-0.25, -0.2) is 4.39 Å². The SMILES string of the molecule is CCCN(CC(=O)N1CCc2sccc2C1COc1ccc(F)cc1)CC(O)COCc1ccccc1. The predicted octanol–water partition coefficient (Wildman–Crippen LogP) is 4.68. The molecular formula is C29H35FN2O4S. The third-order valence-electron chi connectivity index (χ3n) is 6.43. The number of carbonyl (C=O) groups is 1. The summed E-state index contributed by atoms with van der Waals surface area (Å²) < 4.78 is 25.0. The standard InChI is InChI=1S/C29H35FN2O4S/c1-2-14-31(17-24(33)20-35-19-22-6-4-3-5-7-22)18-29(34)32-15-12-28-26(13-16-37-28)27(32)21-36-25-10-8-23(30)9-11-25/h3-11,13,16,24,27,33H,2,12,14-15,17-21H2,1H3. The Bertz CT molecular complexity index is 1110. The normalized spacial score (nSPS) is 16.0. The van der Waals surface area contributed by atoms with E-state index >= 15 is 0 Å². The number of halogens is 1. The molecule has 198 valence electrons. The lowest BCUT2D eigenvalue weighted by atomic mass is 10.0. The molecule has 2 aromatic carbocycles. The first-order valence-corrected chi connectivity index (χ1v) is 13.7. The average Bonchev–Trinajstić information content (AvgIpc) is 3.38. The predicted molar refractivity (Wildman–Crippen MR) is 143 cm³/mol. The highest BCUT2D eigenvalue weighted by Gasteiger charge is 2.33. The third kappa shape index (κ3) is 7.85. The van der Waals surface area contributed by atoms with Gasteiger partial charge in [0, 0.05) is 18.0 Å². The average molecular weight is 527 g/mol. The molecule has 2 unspecified atom stereocenters. The number of ether oxygens (including phenoxy) is 2. The first kappa shape index (κ1) is 27.3. The van der Waals surface area contributed by atoms with Crippen molar-refractivity contribution in [3.8, 4) is 5.75 Å². The van der Waals surface area contributed by atoms with Crippen molar-refractivity contribution in [2.45, 2.75) is 38.5 Å². The maximum Gasteiger partial charge on any atom is 0.237 e. The van der Waals surface area contributed by atoms with E-state index in [1.807, 2.05) is 40.1 Å². The van der Waals surface area contributed by atoms with E-state index in [-0.39, 0.29) is 30.9 Å². The van der Waals surface area contributed by atoms with Crippen molar-refractivity contribution in [2.24, 2.45) is 0 Å². The second-order valence-corrected chi connectivity index (χ2v) is 10.3. The van der Waals surface area contributed by atoms with Crippen molar-refractivity contribution < 1.29 is 23.8 Å². The molecule has 0 saturated heterocycles. The molecule has 4 rings (SSSR count). The van der Waals surface area contributed by atoms with Gasteiger partial charge in [0.25, 0.3) is 0 Å². The van der Waals surface area contributed by atoms with Crippen LogP contribution in [0.1, 0.15) is 35.4 Å². The Morgan fingerprint density at radius 2 is 1.97 bits per heavy atom. The zero-order valence-electron chi connectivity index (χ0n) is 21.2. The van der Waals surface area contributed by atoms with Gasteiger partial charge in [-0.1, -0.05) is 37.3 Å². The van der Waals surface area contributed by atoms with Gasteiger partial charge in [-0.05, 0) is 66.2 Å². The van der Waals surface area contributed by atoms with E-state index in [4.69, 9.17) is 9.47 Å². The molecule has 1 N–H and O–H groups in total. The molecule has 6 nitrogen and oxygen atoms in total. The molecular weight excluding hydrogens is 491 g/mol. The summed E-state index contributed by atoms with van der Waals surface area (Å²) in [7, 11) is 0. The van der Waals surface area contributed by atoms with Crippen molar-refractivity contribution in [1.82, 2.24) is 9.80 Å². The second kappa shape index (κ2) is 13.7. The Balaban J connectivity index is 1.35. The lowest BCUT2D eigenvalue weighted by molar-refractivity contribution is -0.136. The van der Waals surface area contributed by atoms with Crippen molar-refractivity contribution in [3.63, 3.8) is 0 Å². The van der Waals surface area contributed by atoms with E-state index in [1.165, 1.54) is 17.0 Å². The molecule has 3 aromatic rings. The Morgan fingerprint density at radius 3 is 2.73 bits per heavy atom. The fraction of sp³-hybridized carbons (Fsp3) is 0.414. The minimum absolute atomic E-state index is 0.00964. The molecule has 1 aliphatic rings. The molecule has 2 heterocycles. The molecule has 1 aliphatic heterocycles. The molecule has 2 atom stereocenters. The van der Waals surface area contributed by atoms with Crippen LogP contribution in [-0.4, -0.2) is 66.3 Å². The zero-order valence-corrected chi connectivity index (χ0v) is 22.0. The summed E-state index contributed by atoms with van der Waals surface area (Å²) in [5.74, 6) is 0.267. The Labute approximate surface area is 222 Å². The van der Waals surface area contributed by atoms with E-state index < -0.39 is 6.10 Å². The molecule has 0 saturated carbocycles. The summed E-state index contributed by atoms with van der Waals surface area (Å²) in [5.41, 5.74) is 2.17. The first-order valence-electron chi connectivity index (χ1n) is 12.8. The number of hydrogen-bond acceptors (Lipinski definition) is 6. The van der Waals surface area contributed by atoms with Crippen LogP contribution in [0.15, 0.2) is 66.0 Å². The highest BCUT2D eigenvalue weighted by atomic mass is 32.1. The number of hydrogen-bond donors (Lipinski definition) is 1. The Morgan fingerprint density at radius 1 is 1.19 bits per heavy atom. The fourth-order valence-corrected chi connectivity index (χ4v) is 5.58. The fourth-order valence-electron chi connectivity index (χ4n) is 4.65. The molecule has 0 fully saturated rings. The van der Waals surface area contributed by atoms with Crippen LogP contribution in [0.4, 0.5) is 4.39 Å². The lowest BCUT2D eigenvalue weighted by Gasteiger charge is -2.37.